The molecule has 2 fully saturated rings. The summed E-state index contributed by atoms with van der Waals surface area (Å²) in [4.78, 5) is 42.9. The van der Waals surface area contributed by atoms with Gasteiger partial charge in [0.2, 0.25) is 5.91 Å². The summed E-state index contributed by atoms with van der Waals surface area (Å²) in [6.45, 7) is 6.65. The highest BCUT2D eigenvalue weighted by Crippen LogP contribution is 2.19. The van der Waals surface area contributed by atoms with Crippen LogP contribution in [0.5, 0.6) is 0 Å². The number of hydrogen-bond acceptors (Lipinski definition) is 8. The first-order valence-corrected chi connectivity index (χ1v) is 13.2. The van der Waals surface area contributed by atoms with Crippen molar-refractivity contribution in [3.8, 4) is 0 Å². The predicted molar refractivity (Wildman–Crippen MR) is 141 cm³/mol. The lowest BCUT2D eigenvalue weighted by Crippen LogP contribution is -2.54. The molecule has 1 aromatic carbocycles. The van der Waals surface area contributed by atoms with Crippen LogP contribution in [0.4, 0.5) is 10.9 Å². The number of pyridine rings is 1. The maximum absolute atomic E-state index is 13.0. The lowest BCUT2D eigenvalue weighted by molar-refractivity contribution is -0.133. The van der Waals surface area contributed by atoms with E-state index < -0.39 is 0 Å². The molecule has 0 radical (unpaired) electrons. The van der Waals surface area contributed by atoms with E-state index in [2.05, 4.69) is 37.2 Å². The summed E-state index contributed by atoms with van der Waals surface area (Å²) in [6.07, 6.45) is 1.80. The molecule has 0 saturated carbocycles. The minimum atomic E-state index is -0.0457. The molecule has 9 nitrogen and oxygen atoms in total. The van der Waals surface area contributed by atoms with E-state index in [9.17, 15) is 9.59 Å². The molecule has 2 aliphatic heterocycles. The van der Waals surface area contributed by atoms with E-state index in [4.69, 9.17) is 0 Å². The van der Waals surface area contributed by atoms with Gasteiger partial charge in [0.25, 0.3) is 5.91 Å². The average molecular weight is 506 g/mol. The molecule has 5 rings (SSSR count). The summed E-state index contributed by atoms with van der Waals surface area (Å²) in [6, 6.07) is 16.0. The fourth-order valence-corrected chi connectivity index (χ4v) is 5.20. The van der Waals surface area contributed by atoms with Crippen molar-refractivity contribution in [2.75, 3.05) is 69.1 Å². The molecule has 0 spiro atoms. The zero-order chi connectivity index (χ0) is 24.7. The number of carbonyl (C=O) groups is 2. The summed E-state index contributed by atoms with van der Waals surface area (Å²) < 4.78 is 0. The summed E-state index contributed by atoms with van der Waals surface area (Å²) in [7, 11) is 0. The third kappa shape index (κ3) is 6.00. The van der Waals surface area contributed by atoms with E-state index in [1.807, 2.05) is 51.6 Å². The summed E-state index contributed by atoms with van der Waals surface area (Å²) in [5.41, 5.74) is 1.65. The molecule has 4 heterocycles. The molecule has 10 heteroatoms. The fraction of sp³-hybridized carbons (Fsp3) is 0.385. The highest BCUT2D eigenvalue weighted by molar-refractivity contribution is 7.13. The number of thiazole rings is 1. The Hall–Kier alpha value is -3.50. The first-order chi connectivity index (χ1) is 17.7. The number of piperazine rings is 2. The van der Waals surface area contributed by atoms with Gasteiger partial charge >= 0.3 is 0 Å². The van der Waals surface area contributed by atoms with Gasteiger partial charge in [-0.2, -0.15) is 0 Å². The Labute approximate surface area is 215 Å². The maximum Gasteiger partial charge on any atom is 0.273 e. The molecular formula is C26H31N7O2S. The van der Waals surface area contributed by atoms with Crippen molar-refractivity contribution in [3.63, 3.8) is 0 Å². The van der Waals surface area contributed by atoms with Crippen LogP contribution in [-0.4, -0.2) is 95.4 Å². The Morgan fingerprint density at radius 1 is 0.861 bits per heavy atom. The van der Waals surface area contributed by atoms with E-state index in [-0.39, 0.29) is 11.8 Å². The number of carbonyl (C=O) groups excluding carboxylic acids is 2. The van der Waals surface area contributed by atoms with Gasteiger partial charge in [0.05, 0.1) is 6.54 Å². The smallest absolute Gasteiger partial charge is 0.273 e. The lowest BCUT2D eigenvalue weighted by atomic mass is 10.2. The van der Waals surface area contributed by atoms with E-state index in [1.165, 1.54) is 16.9 Å². The fourth-order valence-electron chi connectivity index (χ4n) is 4.51. The highest BCUT2D eigenvalue weighted by Gasteiger charge is 2.27. The molecule has 2 amide bonds. The van der Waals surface area contributed by atoms with Gasteiger partial charge in [0.1, 0.15) is 11.5 Å². The molecule has 188 valence electrons. The van der Waals surface area contributed by atoms with Gasteiger partial charge in [-0.05, 0) is 17.7 Å². The highest BCUT2D eigenvalue weighted by atomic mass is 32.1. The molecule has 2 saturated heterocycles. The summed E-state index contributed by atoms with van der Waals surface area (Å²) in [5, 5.41) is 5.85. The van der Waals surface area contributed by atoms with Crippen LogP contribution >= 0.6 is 11.3 Å². The van der Waals surface area contributed by atoms with Crippen LogP contribution in [0.2, 0.25) is 0 Å². The zero-order valence-electron chi connectivity index (χ0n) is 20.3. The van der Waals surface area contributed by atoms with Gasteiger partial charge in [-0.3, -0.25) is 14.5 Å². The first-order valence-electron chi connectivity index (χ1n) is 12.3. The Morgan fingerprint density at radius 3 is 2.31 bits per heavy atom. The second-order valence-corrected chi connectivity index (χ2v) is 9.86. The molecule has 36 heavy (non-hydrogen) atoms. The van der Waals surface area contributed by atoms with Gasteiger partial charge in [-0.25, -0.2) is 9.97 Å². The summed E-state index contributed by atoms with van der Waals surface area (Å²) in [5.74, 6) is 1.07. The van der Waals surface area contributed by atoms with Crippen LogP contribution in [0.1, 0.15) is 16.1 Å². The third-order valence-electron chi connectivity index (χ3n) is 6.63. The average Bonchev–Trinajstić information content (AvgIpc) is 3.42. The van der Waals surface area contributed by atoms with E-state index in [1.54, 1.807) is 6.20 Å². The molecule has 2 aliphatic rings. The lowest BCUT2D eigenvalue weighted by Gasteiger charge is -2.38. The van der Waals surface area contributed by atoms with E-state index >= 15 is 0 Å². The standard InChI is InChI=1S/C26H31N7O2S/c34-24(32-16-14-31(15-17-32)23-8-4-5-9-27-23)19-30-10-12-33(13-11-30)25(35)22-20-36-26(29-22)28-18-21-6-2-1-3-7-21/h1-9,20H,10-19H2,(H,28,29). The summed E-state index contributed by atoms with van der Waals surface area (Å²) >= 11 is 1.45. The first kappa shape index (κ1) is 24.2. The quantitative estimate of drug-likeness (QED) is 0.527. The predicted octanol–water partition coefficient (Wildman–Crippen LogP) is 2.26. The van der Waals surface area contributed by atoms with Crippen molar-refractivity contribution in [1.82, 2.24) is 24.7 Å². The zero-order valence-corrected chi connectivity index (χ0v) is 21.1. The van der Waals surface area contributed by atoms with E-state index in [0.29, 0.717) is 58.1 Å². The van der Waals surface area contributed by atoms with Crippen molar-refractivity contribution < 1.29 is 9.59 Å². The Bertz CT molecular complexity index is 1140. The number of nitrogens with one attached hydrogen (secondary N) is 1. The number of rotatable bonds is 7. The molecule has 0 aliphatic carbocycles. The minimum absolute atomic E-state index is 0.0457. The normalized spacial score (nSPS) is 16.7. The van der Waals surface area contributed by atoms with E-state index in [0.717, 1.165) is 24.0 Å². The number of hydrogen-bond donors (Lipinski definition) is 1. The molecule has 1 N–H and O–H groups in total. The molecule has 0 atom stereocenters. The van der Waals surface area contributed by atoms with Gasteiger partial charge in [-0.15, -0.1) is 11.3 Å². The van der Waals surface area contributed by atoms with Gasteiger partial charge in [0, 0.05) is 70.5 Å². The van der Waals surface area contributed by atoms with Crippen LogP contribution in [0.25, 0.3) is 0 Å². The second-order valence-electron chi connectivity index (χ2n) is 9.00. The van der Waals surface area contributed by atoms with Crippen LogP contribution in [0, 0.1) is 0 Å². The third-order valence-corrected chi connectivity index (χ3v) is 7.43. The number of aromatic nitrogens is 2. The van der Waals surface area contributed by atoms with Crippen molar-refractivity contribution >= 4 is 34.1 Å². The number of benzene rings is 1. The Balaban J connectivity index is 1.04. The van der Waals surface area contributed by atoms with Crippen molar-refractivity contribution in [3.05, 3.63) is 71.4 Å². The van der Waals surface area contributed by atoms with Crippen molar-refractivity contribution in [2.24, 2.45) is 0 Å². The number of anilines is 2. The number of nitrogens with zero attached hydrogens (tertiary/aromatic N) is 6. The van der Waals surface area contributed by atoms with Crippen LogP contribution in [-0.2, 0) is 11.3 Å². The monoisotopic (exact) mass is 505 g/mol. The SMILES string of the molecule is O=C(CN1CCN(C(=O)c2csc(NCc3ccccc3)n2)CC1)N1CCN(c2ccccn2)CC1. The topological polar surface area (TPSA) is 84.9 Å². The van der Waals surface area contributed by atoms with Gasteiger partial charge in [-0.1, -0.05) is 36.4 Å². The van der Waals surface area contributed by atoms with Crippen LogP contribution in [0.15, 0.2) is 60.1 Å². The Kier molecular flexibility index (Phi) is 7.73. The molecule has 0 unspecified atom stereocenters. The molecule has 3 aromatic rings. The Morgan fingerprint density at radius 2 is 1.58 bits per heavy atom. The van der Waals surface area contributed by atoms with Gasteiger partial charge < -0.3 is 20.0 Å². The molecule has 0 bridgehead atoms. The number of amides is 2. The maximum atomic E-state index is 13.0. The minimum Gasteiger partial charge on any atom is -0.357 e. The molecule has 2 aromatic heterocycles. The van der Waals surface area contributed by atoms with Crippen LogP contribution in [0.3, 0.4) is 0 Å². The van der Waals surface area contributed by atoms with Crippen molar-refractivity contribution in [1.29, 1.82) is 0 Å². The molecular weight excluding hydrogens is 474 g/mol. The second kappa shape index (κ2) is 11.5. The van der Waals surface area contributed by atoms with Gasteiger partial charge in [0.15, 0.2) is 5.13 Å². The largest absolute Gasteiger partial charge is 0.357 e. The van der Waals surface area contributed by atoms with Crippen molar-refractivity contribution in [2.45, 2.75) is 6.54 Å². The van der Waals surface area contributed by atoms with Crippen LogP contribution < -0.4 is 10.2 Å².